The molecule has 2 aliphatic rings. The number of carbonyl (C=O) groups is 1. The number of carbonyl (C=O) groups excluding carboxylic acids is 1. The summed E-state index contributed by atoms with van der Waals surface area (Å²) < 4.78 is 6.29. The molecule has 6 heteroatoms. The van der Waals surface area contributed by atoms with Crippen LogP contribution in [-0.2, 0) is 11.3 Å². The van der Waals surface area contributed by atoms with Crippen LogP contribution in [0.4, 0.5) is 0 Å². The van der Waals surface area contributed by atoms with Crippen LogP contribution in [0.2, 0.25) is 0 Å². The normalized spacial score (nSPS) is 18.4. The summed E-state index contributed by atoms with van der Waals surface area (Å²) in [5.74, 6) is 3.29. The van der Waals surface area contributed by atoms with Gasteiger partial charge < -0.3 is 9.64 Å². The molecule has 2 heterocycles. The van der Waals surface area contributed by atoms with Crippen LogP contribution in [0, 0.1) is 0 Å². The Morgan fingerprint density at radius 3 is 2.29 bits per heavy atom. The zero-order valence-electron chi connectivity index (χ0n) is 16.0. The molecule has 28 heavy (non-hydrogen) atoms. The highest BCUT2D eigenvalue weighted by atomic mass is 32.2. The molecule has 4 rings (SSSR count). The van der Waals surface area contributed by atoms with Crippen molar-refractivity contribution in [1.82, 2.24) is 9.80 Å². The fourth-order valence-electron chi connectivity index (χ4n) is 3.51. The molecule has 0 saturated carbocycles. The Morgan fingerprint density at radius 2 is 1.61 bits per heavy atom. The van der Waals surface area contributed by atoms with Gasteiger partial charge in [0.15, 0.2) is 6.61 Å². The van der Waals surface area contributed by atoms with Crippen molar-refractivity contribution in [2.45, 2.75) is 11.1 Å². The van der Waals surface area contributed by atoms with Crippen LogP contribution in [0.5, 0.6) is 5.75 Å². The first kappa shape index (κ1) is 19.7. The monoisotopic (exact) mass is 414 g/mol. The maximum absolute atomic E-state index is 12.5. The van der Waals surface area contributed by atoms with E-state index >= 15 is 0 Å². The van der Waals surface area contributed by atoms with E-state index in [-0.39, 0.29) is 12.5 Å². The van der Waals surface area contributed by atoms with E-state index in [1.54, 1.807) is 0 Å². The van der Waals surface area contributed by atoms with Gasteiger partial charge in [0.2, 0.25) is 0 Å². The zero-order chi connectivity index (χ0) is 19.2. The largest absolute Gasteiger partial charge is 0.484 e. The third kappa shape index (κ3) is 5.25. The molecular formula is C22H26N2O2S2. The molecule has 0 aliphatic carbocycles. The predicted molar refractivity (Wildman–Crippen MR) is 118 cm³/mol. The standard InChI is InChI=1S/C22H26N2O2S2/c25-21(17-26-20-8-6-19(7-9-20)22-27-14-15-28-22)24-12-10-23(11-13-24)16-18-4-2-1-3-5-18/h1-9,22H,10-17H2. The van der Waals surface area contributed by atoms with Crippen molar-refractivity contribution in [3.63, 3.8) is 0 Å². The molecular weight excluding hydrogens is 388 g/mol. The lowest BCUT2D eigenvalue weighted by Gasteiger charge is -2.34. The van der Waals surface area contributed by atoms with Crippen LogP contribution in [-0.4, -0.2) is 60.0 Å². The van der Waals surface area contributed by atoms with E-state index in [4.69, 9.17) is 4.74 Å². The fraction of sp³-hybridized carbons (Fsp3) is 0.409. The first-order chi connectivity index (χ1) is 13.8. The maximum Gasteiger partial charge on any atom is 0.260 e. The van der Waals surface area contributed by atoms with Crippen molar-refractivity contribution in [1.29, 1.82) is 0 Å². The van der Waals surface area contributed by atoms with Gasteiger partial charge in [-0.25, -0.2) is 0 Å². The Hall–Kier alpha value is -1.63. The van der Waals surface area contributed by atoms with Crippen LogP contribution < -0.4 is 4.74 Å². The molecule has 0 N–H and O–H groups in total. The highest BCUT2D eigenvalue weighted by molar-refractivity contribution is 8.19. The Kier molecular flexibility index (Phi) is 6.83. The summed E-state index contributed by atoms with van der Waals surface area (Å²) >= 11 is 3.99. The van der Waals surface area contributed by atoms with E-state index < -0.39 is 0 Å². The van der Waals surface area contributed by atoms with E-state index in [0.717, 1.165) is 38.5 Å². The number of benzene rings is 2. The Morgan fingerprint density at radius 1 is 0.929 bits per heavy atom. The van der Waals surface area contributed by atoms with Crippen molar-refractivity contribution in [2.75, 3.05) is 44.3 Å². The molecule has 2 aromatic rings. The van der Waals surface area contributed by atoms with Gasteiger partial charge in [0.1, 0.15) is 5.75 Å². The van der Waals surface area contributed by atoms with Gasteiger partial charge in [0, 0.05) is 44.2 Å². The van der Waals surface area contributed by atoms with Crippen molar-refractivity contribution in [3.05, 3.63) is 65.7 Å². The number of piperazine rings is 1. The molecule has 0 spiro atoms. The van der Waals surface area contributed by atoms with E-state index in [9.17, 15) is 4.79 Å². The minimum atomic E-state index is 0.0744. The molecule has 0 bridgehead atoms. The molecule has 1 amide bonds. The lowest BCUT2D eigenvalue weighted by Crippen LogP contribution is -2.49. The second-order valence-corrected chi connectivity index (χ2v) is 9.80. The summed E-state index contributed by atoms with van der Waals surface area (Å²) in [7, 11) is 0. The number of ether oxygens (including phenoxy) is 1. The summed E-state index contributed by atoms with van der Waals surface area (Å²) in [4.78, 5) is 16.8. The number of rotatable bonds is 6. The first-order valence-corrected chi connectivity index (χ1v) is 11.9. The summed E-state index contributed by atoms with van der Waals surface area (Å²) in [6.07, 6.45) is 0. The second kappa shape index (κ2) is 9.72. The fourth-order valence-corrected chi connectivity index (χ4v) is 6.36. The molecule has 2 aromatic carbocycles. The van der Waals surface area contributed by atoms with E-state index in [1.807, 2.05) is 46.6 Å². The second-order valence-electron chi connectivity index (χ2n) is 7.07. The number of amides is 1. The minimum Gasteiger partial charge on any atom is -0.484 e. The van der Waals surface area contributed by atoms with Gasteiger partial charge in [-0.2, -0.15) is 0 Å². The lowest BCUT2D eigenvalue weighted by molar-refractivity contribution is -0.135. The topological polar surface area (TPSA) is 32.8 Å². The smallest absolute Gasteiger partial charge is 0.260 e. The van der Waals surface area contributed by atoms with Crippen molar-refractivity contribution >= 4 is 29.4 Å². The van der Waals surface area contributed by atoms with Crippen LogP contribution in [0.15, 0.2) is 54.6 Å². The maximum atomic E-state index is 12.5. The summed E-state index contributed by atoms with van der Waals surface area (Å²) in [5.41, 5.74) is 2.66. The van der Waals surface area contributed by atoms with Gasteiger partial charge in [-0.1, -0.05) is 42.5 Å². The van der Waals surface area contributed by atoms with Gasteiger partial charge in [-0.05, 0) is 23.3 Å². The molecule has 2 fully saturated rings. The highest BCUT2D eigenvalue weighted by Gasteiger charge is 2.22. The summed E-state index contributed by atoms with van der Waals surface area (Å²) in [6, 6.07) is 18.7. The van der Waals surface area contributed by atoms with Crippen LogP contribution in [0.1, 0.15) is 15.7 Å². The van der Waals surface area contributed by atoms with E-state index in [2.05, 4.69) is 41.3 Å². The average molecular weight is 415 g/mol. The number of hydrogen-bond donors (Lipinski definition) is 0. The number of thioether (sulfide) groups is 2. The SMILES string of the molecule is O=C(COc1ccc(C2SCCS2)cc1)N1CCN(Cc2ccccc2)CC1. The third-order valence-corrected chi connectivity index (χ3v) is 8.21. The summed E-state index contributed by atoms with van der Waals surface area (Å²) in [5, 5.41) is 0. The highest BCUT2D eigenvalue weighted by Crippen LogP contribution is 2.45. The van der Waals surface area contributed by atoms with Crippen LogP contribution in [0.25, 0.3) is 0 Å². The van der Waals surface area contributed by atoms with Crippen molar-refractivity contribution in [2.24, 2.45) is 0 Å². The Labute approximate surface area is 175 Å². The third-order valence-electron chi connectivity index (χ3n) is 5.11. The first-order valence-electron chi connectivity index (χ1n) is 9.78. The molecule has 2 aliphatic heterocycles. The van der Waals surface area contributed by atoms with Gasteiger partial charge >= 0.3 is 0 Å². The Balaban J connectivity index is 1.20. The molecule has 0 aromatic heterocycles. The number of hydrogen-bond acceptors (Lipinski definition) is 5. The lowest BCUT2D eigenvalue weighted by atomic mass is 10.2. The van der Waals surface area contributed by atoms with Gasteiger partial charge in [0.25, 0.3) is 5.91 Å². The average Bonchev–Trinajstić information content (AvgIpc) is 3.29. The molecule has 2 saturated heterocycles. The van der Waals surface area contributed by atoms with Crippen LogP contribution in [0.3, 0.4) is 0 Å². The van der Waals surface area contributed by atoms with E-state index in [0.29, 0.717) is 4.58 Å². The summed E-state index contributed by atoms with van der Waals surface area (Å²) in [6.45, 7) is 4.42. The van der Waals surface area contributed by atoms with Crippen molar-refractivity contribution in [3.8, 4) is 5.75 Å². The quantitative estimate of drug-likeness (QED) is 0.716. The minimum absolute atomic E-state index is 0.0744. The van der Waals surface area contributed by atoms with Gasteiger partial charge in [-0.3, -0.25) is 9.69 Å². The molecule has 148 valence electrons. The van der Waals surface area contributed by atoms with Gasteiger partial charge in [-0.15, -0.1) is 23.5 Å². The molecule has 0 radical (unpaired) electrons. The molecule has 0 unspecified atom stereocenters. The van der Waals surface area contributed by atoms with E-state index in [1.165, 1.54) is 22.6 Å². The molecule has 0 atom stereocenters. The zero-order valence-corrected chi connectivity index (χ0v) is 17.6. The number of nitrogens with zero attached hydrogens (tertiary/aromatic N) is 2. The van der Waals surface area contributed by atoms with Crippen molar-refractivity contribution < 1.29 is 9.53 Å². The van der Waals surface area contributed by atoms with Crippen LogP contribution >= 0.6 is 23.5 Å². The molecule has 4 nitrogen and oxygen atoms in total. The predicted octanol–water partition coefficient (Wildman–Crippen LogP) is 3.89. The Bertz CT molecular complexity index is 756. The van der Waals surface area contributed by atoms with Gasteiger partial charge in [0.05, 0.1) is 4.58 Å².